The predicted molar refractivity (Wildman–Crippen MR) is 54.6 cm³/mol. The number of thiophene rings is 1. The second kappa shape index (κ2) is 5.46. The molecule has 3 nitrogen and oxygen atoms in total. The largest absolute Gasteiger partial charge is 0.376 e. The highest BCUT2D eigenvalue weighted by molar-refractivity contribution is 7.07. The Balaban J connectivity index is 0.000000128. The van der Waals surface area contributed by atoms with Gasteiger partial charge in [-0.05, 0) is 10.8 Å². The Morgan fingerprint density at radius 1 is 1.07 bits per heavy atom. The van der Waals surface area contributed by atoms with Crippen molar-refractivity contribution in [1.82, 2.24) is 0 Å². The molecule has 2 aliphatic heterocycles. The molecule has 0 spiro atoms. The average molecular weight is 214 g/mol. The summed E-state index contributed by atoms with van der Waals surface area (Å²) in [6.45, 7) is 3.26. The van der Waals surface area contributed by atoms with Crippen LogP contribution in [0.1, 0.15) is 0 Å². The molecule has 2 atom stereocenters. The van der Waals surface area contributed by atoms with Crippen molar-refractivity contribution in [2.75, 3.05) is 26.4 Å². The number of ether oxygens (including phenoxy) is 3. The van der Waals surface area contributed by atoms with Gasteiger partial charge in [0.25, 0.3) is 0 Å². The topological polar surface area (TPSA) is 34.3 Å². The zero-order chi connectivity index (χ0) is 9.64. The van der Waals surface area contributed by atoms with Gasteiger partial charge in [-0.2, -0.15) is 11.3 Å². The molecule has 14 heavy (non-hydrogen) atoms. The van der Waals surface area contributed by atoms with Gasteiger partial charge in [-0.25, -0.2) is 0 Å². The van der Waals surface area contributed by atoms with E-state index in [2.05, 4.69) is 0 Å². The molecule has 0 radical (unpaired) electrons. The van der Waals surface area contributed by atoms with Crippen molar-refractivity contribution in [3.8, 4) is 0 Å². The SMILES string of the molecule is C(OCC1CO1)C1CO1.c1ccsc1. The lowest BCUT2D eigenvalue weighted by atomic mass is 10.5. The van der Waals surface area contributed by atoms with Crippen molar-refractivity contribution in [2.45, 2.75) is 12.2 Å². The lowest BCUT2D eigenvalue weighted by molar-refractivity contribution is 0.102. The number of epoxide rings is 2. The Kier molecular flexibility index (Phi) is 3.94. The molecular formula is C10H14O3S. The van der Waals surface area contributed by atoms with E-state index < -0.39 is 0 Å². The van der Waals surface area contributed by atoms with Crippen LogP contribution in [-0.4, -0.2) is 38.6 Å². The molecule has 2 saturated heterocycles. The molecule has 0 saturated carbocycles. The summed E-state index contributed by atoms with van der Waals surface area (Å²) in [5.41, 5.74) is 0. The van der Waals surface area contributed by atoms with Gasteiger partial charge in [0.15, 0.2) is 0 Å². The zero-order valence-electron chi connectivity index (χ0n) is 7.93. The Hall–Kier alpha value is -0.420. The van der Waals surface area contributed by atoms with Crippen molar-refractivity contribution in [3.63, 3.8) is 0 Å². The summed E-state index contributed by atoms with van der Waals surface area (Å²) < 4.78 is 15.1. The van der Waals surface area contributed by atoms with Gasteiger partial charge in [-0.15, -0.1) is 0 Å². The van der Waals surface area contributed by atoms with E-state index in [1.165, 1.54) is 0 Å². The van der Waals surface area contributed by atoms with Crippen LogP contribution in [0.25, 0.3) is 0 Å². The first-order valence-corrected chi connectivity index (χ1v) is 5.67. The van der Waals surface area contributed by atoms with Crippen LogP contribution in [0.15, 0.2) is 22.9 Å². The van der Waals surface area contributed by atoms with Gasteiger partial charge in [-0.3, -0.25) is 0 Å². The maximum absolute atomic E-state index is 5.23. The fraction of sp³-hybridized carbons (Fsp3) is 0.600. The summed E-state index contributed by atoms with van der Waals surface area (Å²) in [7, 11) is 0. The summed E-state index contributed by atoms with van der Waals surface area (Å²) >= 11 is 1.71. The van der Waals surface area contributed by atoms with Crippen LogP contribution in [0.5, 0.6) is 0 Å². The second-order valence-corrected chi connectivity index (χ2v) is 4.06. The molecule has 2 aliphatic rings. The molecule has 3 heterocycles. The molecule has 0 amide bonds. The summed E-state index contributed by atoms with van der Waals surface area (Å²) in [4.78, 5) is 0. The van der Waals surface area contributed by atoms with Crippen LogP contribution in [0.2, 0.25) is 0 Å². The Morgan fingerprint density at radius 2 is 1.57 bits per heavy atom. The summed E-state index contributed by atoms with van der Waals surface area (Å²) in [6, 6.07) is 4.04. The minimum atomic E-state index is 0.392. The van der Waals surface area contributed by atoms with E-state index in [0.29, 0.717) is 12.2 Å². The molecule has 0 aromatic carbocycles. The molecule has 3 rings (SSSR count). The highest BCUT2D eigenvalue weighted by atomic mass is 32.1. The van der Waals surface area contributed by atoms with Crippen molar-refractivity contribution in [3.05, 3.63) is 22.9 Å². The van der Waals surface area contributed by atoms with Gasteiger partial charge in [0.05, 0.1) is 26.4 Å². The van der Waals surface area contributed by atoms with Crippen LogP contribution in [0.3, 0.4) is 0 Å². The molecule has 2 unspecified atom stereocenters. The van der Waals surface area contributed by atoms with E-state index in [-0.39, 0.29) is 0 Å². The van der Waals surface area contributed by atoms with E-state index in [9.17, 15) is 0 Å². The highest BCUT2D eigenvalue weighted by Gasteiger charge is 2.26. The first-order valence-electron chi connectivity index (χ1n) is 4.73. The van der Waals surface area contributed by atoms with E-state index in [0.717, 1.165) is 26.4 Å². The third kappa shape index (κ3) is 4.72. The van der Waals surface area contributed by atoms with E-state index >= 15 is 0 Å². The first kappa shape index (κ1) is 10.1. The van der Waals surface area contributed by atoms with Crippen LogP contribution in [-0.2, 0) is 14.2 Å². The normalized spacial score (nSPS) is 27.7. The molecular weight excluding hydrogens is 200 g/mol. The zero-order valence-corrected chi connectivity index (χ0v) is 8.74. The summed E-state index contributed by atoms with van der Waals surface area (Å²) in [5, 5.41) is 4.08. The Labute approximate surface area is 87.6 Å². The maximum atomic E-state index is 5.23. The standard InChI is InChI=1S/C6H10O3.C4H4S/c1(5-3-8-5)7-2-6-4-9-6;1-2-4-5-3-1/h5-6H,1-4H2;1-4H. The van der Waals surface area contributed by atoms with Crippen molar-refractivity contribution in [2.24, 2.45) is 0 Å². The van der Waals surface area contributed by atoms with Gasteiger partial charge in [-0.1, -0.05) is 12.1 Å². The molecule has 4 heteroatoms. The lowest BCUT2D eigenvalue weighted by Crippen LogP contribution is -2.06. The Bertz CT molecular complexity index is 200. The first-order chi connectivity index (χ1) is 6.95. The lowest BCUT2D eigenvalue weighted by Gasteiger charge is -1.95. The highest BCUT2D eigenvalue weighted by Crippen LogP contribution is 2.12. The van der Waals surface area contributed by atoms with E-state index in [1.807, 2.05) is 22.9 Å². The maximum Gasteiger partial charge on any atom is 0.104 e. The van der Waals surface area contributed by atoms with Gasteiger partial charge >= 0.3 is 0 Å². The van der Waals surface area contributed by atoms with Gasteiger partial charge < -0.3 is 14.2 Å². The third-order valence-electron chi connectivity index (χ3n) is 1.84. The fourth-order valence-corrected chi connectivity index (χ4v) is 1.34. The second-order valence-electron chi connectivity index (χ2n) is 3.24. The molecule has 0 N–H and O–H groups in total. The minimum absolute atomic E-state index is 0.392. The van der Waals surface area contributed by atoms with Crippen LogP contribution >= 0.6 is 11.3 Å². The van der Waals surface area contributed by atoms with Gasteiger partial charge in [0, 0.05) is 0 Å². The number of hydrogen-bond acceptors (Lipinski definition) is 4. The smallest absolute Gasteiger partial charge is 0.104 e. The van der Waals surface area contributed by atoms with Crippen LogP contribution in [0, 0.1) is 0 Å². The van der Waals surface area contributed by atoms with Crippen molar-refractivity contribution >= 4 is 11.3 Å². The summed E-state index contributed by atoms with van der Waals surface area (Å²) in [5.74, 6) is 0. The predicted octanol–water partition coefficient (Wildman–Crippen LogP) is 1.55. The number of hydrogen-bond donors (Lipinski definition) is 0. The molecule has 1 aromatic heterocycles. The monoisotopic (exact) mass is 214 g/mol. The summed E-state index contributed by atoms with van der Waals surface area (Å²) in [6.07, 6.45) is 0.785. The Morgan fingerprint density at radius 3 is 1.86 bits per heavy atom. The molecule has 0 aliphatic carbocycles. The minimum Gasteiger partial charge on any atom is -0.376 e. The van der Waals surface area contributed by atoms with Crippen LogP contribution < -0.4 is 0 Å². The van der Waals surface area contributed by atoms with E-state index in [1.54, 1.807) is 11.3 Å². The van der Waals surface area contributed by atoms with Crippen LogP contribution in [0.4, 0.5) is 0 Å². The third-order valence-corrected chi connectivity index (χ3v) is 2.47. The number of rotatable bonds is 4. The molecule has 1 aromatic rings. The molecule has 2 fully saturated rings. The quantitative estimate of drug-likeness (QED) is 0.713. The van der Waals surface area contributed by atoms with E-state index in [4.69, 9.17) is 14.2 Å². The molecule has 0 bridgehead atoms. The average Bonchev–Trinajstić information content (AvgIpc) is 3.12. The molecule has 78 valence electrons. The fourth-order valence-electron chi connectivity index (χ4n) is 0.886. The van der Waals surface area contributed by atoms with Gasteiger partial charge in [0.2, 0.25) is 0 Å². The van der Waals surface area contributed by atoms with Crippen molar-refractivity contribution in [1.29, 1.82) is 0 Å². The van der Waals surface area contributed by atoms with Gasteiger partial charge in [0.1, 0.15) is 12.2 Å². The van der Waals surface area contributed by atoms with Crippen molar-refractivity contribution < 1.29 is 14.2 Å².